The number of nitrogens with one attached hydrogen (secondary N) is 1. The number of aromatic nitrogens is 2. The molecule has 0 atom stereocenters. The first-order chi connectivity index (χ1) is 11.8. The van der Waals surface area contributed by atoms with Crippen molar-refractivity contribution in [3.8, 4) is 0 Å². The largest absolute Gasteiger partial charge is 0.253 e. The zero-order chi connectivity index (χ0) is 18.1. The summed E-state index contributed by atoms with van der Waals surface area (Å²) in [5.41, 5.74) is 3.45. The van der Waals surface area contributed by atoms with E-state index in [2.05, 4.69) is 35.5 Å². The molecule has 130 valence electrons. The number of sulfonamides is 1. The minimum atomic E-state index is -3.56. The highest BCUT2D eigenvalue weighted by molar-refractivity contribution is 7.89. The molecule has 0 aliphatic carbocycles. The standard InChI is InChI=1S/C19H21N3O2S/c1-19(2,3)15-5-7-16(8-6-15)25(23,24)22-13-14-4-9-17-18(12-14)21-11-10-20-17/h4-12,22H,13H2,1-3H3. The third-order valence-electron chi connectivity index (χ3n) is 4.03. The molecule has 0 aliphatic heterocycles. The average Bonchev–Trinajstić information content (AvgIpc) is 2.59. The fourth-order valence-corrected chi connectivity index (χ4v) is 3.53. The Bertz CT molecular complexity index is 991. The molecule has 2 aromatic carbocycles. The molecule has 0 fully saturated rings. The number of fused-ring (bicyclic) bond motifs is 1. The van der Waals surface area contributed by atoms with E-state index in [1.165, 1.54) is 0 Å². The van der Waals surface area contributed by atoms with Gasteiger partial charge in [-0.2, -0.15) is 0 Å². The highest BCUT2D eigenvalue weighted by Crippen LogP contribution is 2.23. The molecule has 0 radical (unpaired) electrons. The fraction of sp³-hybridized carbons (Fsp3) is 0.263. The van der Waals surface area contributed by atoms with Crippen molar-refractivity contribution in [1.29, 1.82) is 0 Å². The highest BCUT2D eigenvalue weighted by atomic mass is 32.2. The van der Waals surface area contributed by atoms with Gasteiger partial charge in [0.15, 0.2) is 0 Å². The molecular formula is C19H21N3O2S. The lowest BCUT2D eigenvalue weighted by Gasteiger charge is -2.19. The molecule has 0 bridgehead atoms. The van der Waals surface area contributed by atoms with Crippen LogP contribution >= 0.6 is 0 Å². The van der Waals surface area contributed by atoms with E-state index in [0.29, 0.717) is 0 Å². The Labute approximate surface area is 148 Å². The van der Waals surface area contributed by atoms with Gasteiger partial charge in [0, 0.05) is 18.9 Å². The molecule has 1 N–H and O–H groups in total. The van der Waals surface area contributed by atoms with E-state index in [9.17, 15) is 8.42 Å². The smallest absolute Gasteiger partial charge is 0.240 e. The summed E-state index contributed by atoms with van der Waals surface area (Å²) in [4.78, 5) is 8.71. The molecular weight excluding hydrogens is 334 g/mol. The van der Waals surface area contributed by atoms with Crippen molar-refractivity contribution < 1.29 is 8.42 Å². The van der Waals surface area contributed by atoms with Gasteiger partial charge in [-0.3, -0.25) is 9.97 Å². The van der Waals surface area contributed by atoms with Gasteiger partial charge in [0.2, 0.25) is 10.0 Å². The molecule has 25 heavy (non-hydrogen) atoms. The van der Waals surface area contributed by atoms with E-state index >= 15 is 0 Å². The fourth-order valence-electron chi connectivity index (χ4n) is 2.51. The second-order valence-corrected chi connectivity index (χ2v) is 8.75. The molecule has 3 rings (SSSR count). The molecule has 0 aliphatic rings. The second-order valence-electron chi connectivity index (χ2n) is 6.98. The Hall–Kier alpha value is -2.31. The van der Waals surface area contributed by atoms with Crippen LogP contribution in [0.15, 0.2) is 59.8 Å². The maximum atomic E-state index is 12.5. The highest BCUT2D eigenvalue weighted by Gasteiger charge is 2.17. The first-order valence-electron chi connectivity index (χ1n) is 8.06. The first-order valence-corrected chi connectivity index (χ1v) is 9.54. The van der Waals surface area contributed by atoms with Gasteiger partial charge in [-0.25, -0.2) is 13.1 Å². The number of rotatable bonds is 4. The maximum absolute atomic E-state index is 12.5. The van der Waals surface area contributed by atoms with Crippen LogP contribution in [-0.4, -0.2) is 18.4 Å². The lowest BCUT2D eigenvalue weighted by atomic mass is 9.87. The van der Waals surface area contributed by atoms with Crippen molar-refractivity contribution >= 4 is 21.1 Å². The number of hydrogen-bond donors (Lipinski definition) is 1. The summed E-state index contributed by atoms with van der Waals surface area (Å²) >= 11 is 0. The summed E-state index contributed by atoms with van der Waals surface area (Å²) in [5, 5.41) is 0. The van der Waals surface area contributed by atoms with Gasteiger partial charge in [0.25, 0.3) is 0 Å². The Balaban J connectivity index is 1.76. The first kappa shape index (κ1) is 17.5. The van der Waals surface area contributed by atoms with Crippen LogP contribution in [0.3, 0.4) is 0 Å². The van der Waals surface area contributed by atoms with Crippen LogP contribution < -0.4 is 4.72 Å². The molecule has 0 saturated heterocycles. The monoisotopic (exact) mass is 355 g/mol. The van der Waals surface area contributed by atoms with Crippen LogP contribution in [0.1, 0.15) is 31.9 Å². The number of nitrogens with zero attached hydrogens (tertiary/aromatic N) is 2. The van der Waals surface area contributed by atoms with Crippen molar-refractivity contribution in [3.63, 3.8) is 0 Å². The van der Waals surface area contributed by atoms with E-state index in [0.717, 1.165) is 22.2 Å². The summed E-state index contributed by atoms with van der Waals surface area (Å²) in [6.07, 6.45) is 3.25. The van der Waals surface area contributed by atoms with Crippen LogP contribution in [0.5, 0.6) is 0 Å². The van der Waals surface area contributed by atoms with E-state index < -0.39 is 10.0 Å². The predicted molar refractivity (Wildman–Crippen MR) is 98.7 cm³/mol. The van der Waals surface area contributed by atoms with Gasteiger partial charge in [-0.15, -0.1) is 0 Å². The normalized spacial score (nSPS) is 12.4. The minimum Gasteiger partial charge on any atom is -0.253 e. The van der Waals surface area contributed by atoms with Crippen LogP contribution in [0.4, 0.5) is 0 Å². The molecule has 0 saturated carbocycles. The third kappa shape index (κ3) is 4.03. The molecule has 1 heterocycles. The predicted octanol–water partition coefficient (Wildman–Crippen LogP) is 3.41. The third-order valence-corrected chi connectivity index (χ3v) is 5.45. The Morgan fingerprint density at radius 2 is 1.56 bits per heavy atom. The summed E-state index contributed by atoms with van der Waals surface area (Å²) in [7, 11) is -3.56. The van der Waals surface area contributed by atoms with Crippen molar-refractivity contribution in [3.05, 3.63) is 66.0 Å². The zero-order valence-electron chi connectivity index (χ0n) is 14.5. The Morgan fingerprint density at radius 3 is 2.20 bits per heavy atom. The summed E-state index contributed by atoms with van der Waals surface area (Å²) in [6, 6.07) is 12.5. The quantitative estimate of drug-likeness (QED) is 0.778. The van der Waals surface area contributed by atoms with E-state index in [1.807, 2.05) is 30.3 Å². The summed E-state index contributed by atoms with van der Waals surface area (Å²) in [5.74, 6) is 0. The molecule has 0 spiro atoms. The molecule has 6 heteroatoms. The van der Waals surface area contributed by atoms with Gasteiger partial charge in [-0.1, -0.05) is 39.0 Å². The molecule has 5 nitrogen and oxygen atoms in total. The number of hydrogen-bond acceptors (Lipinski definition) is 4. The second kappa shape index (κ2) is 6.54. The van der Waals surface area contributed by atoms with Crippen molar-refractivity contribution in [2.45, 2.75) is 37.6 Å². The van der Waals surface area contributed by atoms with Crippen LogP contribution in [-0.2, 0) is 22.0 Å². The average molecular weight is 355 g/mol. The van der Waals surface area contributed by atoms with Crippen molar-refractivity contribution in [2.24, 2.45) is 0 Å². The van der Waals surface area contributed by atoms with Crippen LogP contribution in [0.25, 0.3) is 11.0 Å². The molecule has 3 aromatic rings. The molecule has 0 unspecified atom stereocenters. The van der Waals surface area contributed by atoms with E-state index in [-0.39, 0.29) is 16.9 Å². The SMILES string of the molecule is CC(C)(C)c1ccc(S(=O)(=O)NCc2ccc3nccnc3c2)cc1. The maximum Gasteiger partial charge on any atom is 0.240 e. The van der Waals surface area contributed by atoms with Crippen LogP contribution in [0.2, 0.25) is 0 Å². The number of benzene rings is 2. The Kier molecular flexibility index (Phi) is 4.58. The van der Waals surface area contributed by atoms with Gasteiger partial charge < -0.3 is 0 Å². The van der Waals surface area contributed by atoms with Crippen molar-refractivity contribution in [2.75, 3.05) is 0 Å². The van der Waals surface area contributed by atoms with Gasteiger partial charge >= 0.3 is 0 Å². The van der Waals surface area contributed by atoms with Gasteiger partial charge in [0.05, 0.1) is 15.9 Å². The lowest BCUT2D eigenvalue weighted by molar-refractivity contribution is 0.578. The van der Waals surface area contributed by atoms with Crippen molar-refractivity contribution in [1.82, 2.24) is 14.7 Å². The zero-order valence-corrected chi connectivity index (χ0v) is 15.3. The van der Waals surface area contributed by atoms with Crippen LogP contribution in [0, 0.1) is 0 Å². The topological polar surface area (TPSA) is 72.0 Å². The summed E-state index contributed by atoms with van der Waals surface area (Å²) in [6.45, 7) is 6.49. The lowest BCUT2D eigenvalue weighted by Crippen LogP contribution is -2.23. The summed E-state index contributed by atoms with van der Waals surface area (Å²) < 4.78 is 27.6. The van der Waals surface area contributed by atoms with Gasteiger partial charge in [-0.05, 0) is 40.8 Å². The molecule has 1 aromatic heterocycles. The Morgan fingerprint density at radius 1 is 0.920 bits per heavy atom. The van der Waals surface area contributed by atoms with Gasteiger partial charge in [0.1, 0.15) is 0 Å². The van der Waals surface area contributed by atoms with E-state index in [1.54, 1.807) is 24.5 Å². The molecule has 0 amide bonds. The van der Waals surface area contributed by atoms with E-state index in [4.69, 9.17) is 0 Å². The minimum absolute atomic E-state index is 0.0121.